The lowest BCUT2D eigenvalue weighted by molar-refractivity contribution is -0.141. The van der Waals surface area contributed by atoms with Crippen molar-refractivity contribution in [2.75, 3.05) is 33.8 Å². The first-order valence-corrected chi connectivity index (χ1v) is 9.00. The van der Waals surface area contributed by atoms with Crippen LogP contribution in [-0.2, 0) is 11.3 Å². The van der Waals surface area contributed by atoms with Crippen LogP contribution in [0.4, 0.5) is 0 Å². The molecule has 1 spiro atoms. The fourth-order valence-corrected chi connectivity index (χ4v) is 4.54. The zero-order valence-corrected chi connectivity index (χ0v) is 15.7. The van der Waals surface area contributed by atoms with Crippen LogP contribution in [0.2, 0.25) is 0 Å². The minimum absolute atomic E-state index is 0.168. The highest BCUT2D eigenvalue weighted by atomic mass is 16.5. The van der Waals surface area contributed by atoms with E-state index < -0.39 is 5.97 Å². The summed E-state index contributed by atoms with van der Waals surface area (Å²) in [5.41, 5.74) is 3.43. The quantitative estimate of drug-likeness (QED) is 0.900. The van der Waals surface area contributed by atoms with Crippen LogP contribution in [0.1, 0.15) is 36.1 Å². The fraction of sp³-hybridized carbons (Fsp3) is 0.684. The summed E-state index contributed by atoms with van der Waals surface area (Å²) >= 11 is 0. The molecule has 1 N–H and O–H groups in total. The normalized spacial score (nSPS) is 23.9. The molecule has 0 saturated carbocycles. The van der Waals surface area contributed by atoms with Crippen LogP contribution in [0.25, 0.3) is 0 Å². The van der Waals surface area contributed by atoms with Gasteiger partial charge in [-0.05, 0) is 58.7 Å². The van der Waals surface area contributed by atoms with Crippen LogP contribution >= 0.6 is 0 Å². The third-order valence-electron chi connectivity index (χ3n) is 6.07. The summed E-state index contributed by atoms with van der Waals surface area (Å²) in [5.74, 6) is 0.244. The van der Waals surface area contributed by atoms with Gasteiger partial charge >= 0.3 is 5.97 Å². The molecule has 2 fully saturated rings. The molecule has 0 bridgehead atoms. The predicted octanol–water partition coefficient (Wildman–Crippen LogP) is 2.08. The average Bonchev–Trinajstić information content (AvgIpc) is 2.89. The van der Waals surface area contributed by atoms with Gasteiger partial charge < -0.3 is 9.84 Å². The molecule has 1 atom stereocenters. The maximum absolute atomic E-state index is 11.4. The number of pyridine rings is 1. The number of carboxylic acid groups (broad SMARTS) is 1. The van der Waals surface area contributed by atoms with Gasteiger partial charge in [0, 0.05) is 30.4 Å². The van der Waals surface area contributed by atoms with E-state index >= 15 is 0 Å². The molecule has 6 heteroatoms. The summed E-state index contributed by atoms with van der Waals surface area (Å²) in [5, 5.41) is 9.37. The molecule has 138 valence electrons. The molecular formula is C19H29N3O3. The zero-order valence-electron chi connectivity index (χ0n) is 15.7. The molecule has 0 aliphatic carbocycles. The van der Waals surface area contributed by atoms with Gasteiger partial charge in [0.25, 0.3) is 0 Å². The molecule has 2 aliphatic heterocycles. The van der Waals surface area contributed by atoms with Crippen LogP contribution in [0, 0.1) is 19.3 Å². The van der Waals surface area contributed by atoms with E-state index in [1.807, 2.05) is 25.1 Å². The van der Waals surface area contributed by atoms with Crippen molar-refractivity contribution in [2.45, 2.75) is 45.7 Å². The van der Waals surface area contributed by atoms with Crippen molar-refractivity contribution in [3.63, 3.8) is 0 Å². The van der Waals surface area contributed by atoms with Crippen LogP contribution in [0.5, 0.6) is 5.75 Å². The molecule has 25 heavy (non-hydrogen) atoms. The van der Waals surface area contributed by atoms with E-state index in [0.29, 0.717) is 0 Å². The Labute approximate surface area is 149 Å². The molecule has 6 nitrogen and oxygen atoms in total. The van der Waals surface area contributed by atoms with Crippen molar-refractivity contribution in [1.29, 1.82) is 0 Å². The Balaban J connectivity index is 1.63. The summed E-state index contributed by atoms with van der Waals surface area (Å²) in [7, 11) is 3.64. The van der Waals surface area contributed by atoms with Gasteiger partial charge in [-0.15, -0.1) is 0 Å². The van der Waals surface area contributed by atoms with Gasteiger partial charge in [0.05, 0.1) is 12.8 Å². The van der Waals surface area contributed by atoms with Crippen molar-refractivity contribution in [2.24, 2.45) is 5.41 Å². The molecule has 1 aromatic rings. The number of carboxylic acids is 1. The summed E-state index contributed by atoms with van der Waals surface area (Å²) in [6.45, 7) is 7.81. The van der Waals surface area contributed by atoms with Gasteiger partial charge in [0.15, 0.2) is 0 Å². The Morgan fingerprint density at radius 1 is 1.40 bits per heavy atom. The number of hydrogen-bond donors (Lipinski definition) is 1. The van der Waals surface area contributed by atoms with Crippen molar-refractivity contribution < 1.29 is 14.6 Å². The van der Waals surface area contributed by atoms with E-state index in [4.69, 9.17) is 4.74 Å². The lowest BCUT2D eigenvalue weighted by Gasteiger charge is -2.39. The standard InChI is InChI=1S/C19H29N3O3/c1-13-10-20-15(14(2)17(13)25-4)11-22-7-5-19(6-8-22)9-16(18(23)24)21(3)12-19/h10,16H,5-9,11-12H2,1-4H3,(H,23,24). The topological polar surface area (TPSA) is 65.9 Å². The zero-order chi connectivity index (χ0) is 18.2. The Kier molecular flexibility index (Phi) is 5.02. The van der Waals surface area contributed by atoms with E-state index in [1.54, 1.807) is 7.11 Å². The highest BCUT2D eigenvalue weighted by molar-refractivity contribution is 5.74. The van der Waals surface area contributed by atoms with Gasteiger partial charge in [-0.1, -0.05) is 0 Å². The Morgan fingerprint density at radius 2 is 2.08 bits per heavy atom. The minimum atomic E-state index is -0.687. The molecule has 2 saturated heterocycles. The highest BCUT2D eigenvalue weighted by Crippen LogP contribution is 2.43. The monoisotopic (exact) mass is 347 g/mol. The van der Waals surface area contributed by atoms with Crippen molar-refractivity contribution >= 4 is 5.97 Å². The number of aromatic nitrogens is 1. The molecule has 0 aromatic carbocycles. The van der Waals surface area contributed by atoms with Crippen molar-refractivity contribution in [1.82, 2.24) is 14.8 Å². The van der Waals surface area contributed by atoms with Gasteiger partial charge in [-0.25, -0.2) is 0 Å². The summed E-state index contributed by atoms with van der Waals surface area (Å²) < 4.78 is 5.51. The second-order valence-electron chi connectivity index (χ2n) is 7.80. The first-order chi connectivity index (χ1) is 11.8. The number of carbonyl (C=O) groups is 1. The lowest BCUT2D eigenvalue weighted by atomic mass is 9.76. The largest absolute Gasteiger partial charge is 0.496 e. The van der Waals surface area contributed by atoms with Crippen molar-refractivity contribution in [3.05, 3.63) is 23.0 Å². The number of likely N-dealkylation sites (N-methyl/N-ethyl adjacent to an activating group) is 1. The summed E-state index contributed by atoms with van der Waals surface area (Å²) in [6, 6.07) is -0.322. The highest BCUT2D eigenvalue weighted by Gasteiger charge is 2.46. The van der Waals surface area contributed by atoms with E-state index in [-0.39, 0.29) is 11.5 Å². The number of methoxy groups -OCH3 is 1. The third-order valence-corrected chi connectivity index (χ3v) is 6.07. The fourth-order valence-electron chi connectivity index (χ4n) is 4.54. The summed E-state index contributed by atoms with van der Waals surface area (Å²) in [6.07, 6.45) is 4.78. The Bertz CT molecular complexity index is 654. The van der Waals surface area contributed by atoms with Crippen LogP contribution in [-0.4, -0.2) is 65.7 Å². The van der Waals surface area contributed by atoms with E-state index in [2.05, 4.69) is 16.8 Å². The molecule has 3 heterocycles. The predicted molar refractivity (Wildman–Crippen MR) is 95.9 cm³/mol. The van der Waals surface area contributed by atoms with E-state index in [0.717, 1.165) is 68.0 Å². The molecule has 1 aromatic heterocycles. The number of hydrogen-bond acceptors (Lipinski definition) is 5. The molecule has 2 aliphatic rings. The van der Waals surface area contributed by atoms with Gasteiger partial charge in [0.1, 0.15) is 11.8 Å². The SMILES string of the molecule is COc1c(C)cnc(CN2CCC3(CC2)CC(C(=O)O)N(C)C3)c1C. The van der Waals surface area contributed by atoms with E-state index in [1.165, 1.54) is 0 Å². The summed E-state index contributed by atoms with van der Waals surface area (Å²) in [4.78, 5) is 20.4. The third kappa shape index (κ3) is 3.51. The number of nitrogens with zero attached hydrogens (tertiary/aromatic N) is 3. The average molecular weight is 347 g/mol. The maximum Gasteiger partial charge on any atom is 0.320 e. The Morgan fingerprint density at radius 3 is 2.64 bits per heavy atom. The lowest BCUT2D eigenvalue weighted by Crippen LogP contribution is -2.41. The minimum Gasteiger partial charge on any atom is -0.496 e. The molecule has 0 radical (unpaired) electrons. The second-order valence-corrected chi connectivity index (χ2v) is 7.80. The van der Waals surface area contributed by atoms with Gasteiger partial charge in [-0.3, -0.25) is 19.6 Å². The first kappa shape index (κ1) is 18.1. The number of ether oxygens (including phenoxy) is 1. The number of rotatable bonds is 4. The van der Waals surface area contributed by atoms with Crippen LogP contribution in [0.15, 0.2) is 6.20 Å². The molecule has 3 rings (SSSR count). The van der Waals surface area contributed by atoms with E-state index in [9.17, 15) is 9.90 Å². The van der Waals surface area contributed by atoms with Crippen LogP contribution in [0.3, 0.4) is 0 Å². The molecule has 0 amide bonds. The molecular weight excluding hydrogens is 318 g/mol. The van der Waals surface area contributed by atoms with Gasteiger partial charge in [-0.2, -0.15) is 0 Å². The Hall–Kier alpha value is -1.66. The van der Waals surface area contributed by atoms with Crippen LogP contribution < -0.4 is 4.74 Å². The number of aliphatic carboxylic acids is 1. The van der Waals surface area contributed by atoms with Gasteiger partial charge in [0.2, 0.25) is 0 Å². The maximum atomic E-state index is 11.4. The smallest absolute Gasteiger partial charge is 0.320 e. The first-order valence-electron chi connectivity index (χ1n) is 9.00. The second kappa shape index (κ2) is 6.92. The number of piperidine rings is 1. The van der Waals surface area contributed by atoms with Crippen molar-refractivity contribution in [3.8, 4) is 5.75 Å². The number of aryl methyl sites for hydroxylation is 1. The molecule has 1 unspecified atom stereocenters. The number of likely N-dealkylation sites (tertiary alicyclic amines) is 2.